The van der Waals surface area contributed by atoms with Crippen LogP contribution in [0.15, 0.2) is 15.5 Å². The van der Waals surface area contributed by atoms with E-state index in [1.165, 1.54) is 4.68 Å². The molecule has 1 aromatic rings. The summed E-state index contributed by atoms with van der Waals surface area (Å²) in [4.78, 5) is 25.3. The molecule has 1 unspecified atom stereocenters. The number of hydrogen-bond acceptors (Lipinski definition) is 4. The molecule has 7 heteroatoms. The van der Waals surface area contributed by atoms with Crippen LogP contribution in [0.3, 0.4) is 0 Å². The first-order valence-corrected chi connectivity index (χ1v) is 6.61. The number of hydrogen-bond donors (Lipinski definition) is 1. The van der Waals surface area contributed by atoms with Crippen LogP contribution in [0, 0.1) is 0 Å². The summed E-state index contributed by atoms with van der Waals surface area (Å²) in [5.74, 6) is 0.0431. The van der Waals surface area contributed by atoms with Crippen molar-refractivity contribution < 1.29 is 4.79 Å². The Morgan fingerprint density at radius 1 is 1.56 bits per heavy atom. The van der Waals surface area contributed by atoms with E-state index in [4.69, 9.17) is 0 Å². The summed E-state index contributed by atoms with van der Waals surface area (Å²) in [6.07, 6.45) is 2.30. The van der Waals surface area contributed by atoms with Crippen LogP contribution in [0.5, 0.6) is 0 Å². The molecule has 2 heterocycles. The van der Waals surface area contributed by atoms with Gasteiger partial charge in [-0.15, -0.1) is 0 Å². The lowest BCUT2D eigenvalue weighted by atomic mass is 10.2. The van der Waals surface area contributed by atoms with Crippen LogP contribution in [0.25, 0.3) is 0 Å². The van der Waals surface area contributed by atoms with Crippen LogP contribution in [0.4, 0.5) is 5.69 Å². The van der Waals surface area contributed by atoms with Crippen LogP contribution in [-0.2, 0) is 11.3 Å². The highest BCUT2D eigenvalue weighted by Crippen LogP contribution is 2.20. The average molecular weight is 315 g/mol. The number of carbonyl (C=O) groups excluding carboxylic acids is 1. The minimum atomic E-state index is -0.273. The van der Waals surface area contributed by atoms with Crippen LogP contribution >= 0.6 is 15.9 Å². The van der Waals surface area contributed by atoms with Crippen LogP contribution < -0.4 is 10.9 Å². The Labute approximate surface area is 113 Å². The van der Waals surface area contributed by atoms with Crippen molar-refractivity contribution in [1.29, 1.82) is 0 Å². The summed E-state index contributed by atoms with van der Waals surface area (Å²) < 4.78 is 1.78. The minimum absolute atomic E-state index is 0.0431. The Hall–Kier alpha value is -1.37. The van der Waals surface area contributed by atoms with Crippen LogP contribution in [0.2, 0.25) is 0 Å². The van der Waals surface area contributed by atoms with Crippen molar-refractivity contribution in [3.8, 4) is 0 Å². The maximum Gasteiger partial charge on any atom is 0.283 e. The number of carbonyl (C=O) groups is 1. The quantitative estimate of drug-likeness (QED) is 0.890. The zero-order valence-electron chi connectivity index (χ0n) is 10.3. The molecule has 0 aliphatic carbocycles. The van der Waals surface area contributed by atoms with Crippen molar-refractivity contribution in [3.63, 3.8) is 0 Å². The van der Waals surface area contributed by atoms with Crippen molar-refractivity contribution >= 4 is 27.5 Å². The summed E-state index contributed by atoms with van der Waals surface area (Å²) in [6, 6.07) is -0.273. The molecule has 0 radical (unpaired) electrons. The van der Waals surface area contributed by atoms with Crippen molar-refractivity contribution in [3.05, 3.63) is 21.0 Å². The summed E-state index contributed by atoms with van der Waals surface area (Å²) in [5, 5.41) is 7.10. The number of aryl methyl sites for hydroxylation is 1. The van der Waals surface area contributed by atoms with Gasteiger partial charge in [-0.1, -0.05) is 0 Å². The van der Waals surface area contributed by atoms with Gasteiger partial charge in [-0.25, -0.2) is 4.68 Å². The van der Waals surface area contributed by atoms with Gasteiger partial charge in [0.15, 0.2) is 0 Å². The zero-order chi connectivity index (χ0) is 13.3. The molecule has 1 aromatic heterocycles. The molecule has 1 N–H and O–H groups in total. The molecular weight excluding hydrogens is 300 g/mol. The molecule has 1 aliphatic heterocycles. The van der Waals surface area contributed by atoms with Crippen LogP contribution in [-0.4, -0.2) is 40.2 Å². The Morgan fingerprint density at radius 3 is 2.83 bits per heavy atom. The van der Waals surface area contributed by atoms with Crippen LogP contribution in [0.1, 0.15) is 13.3 Å². The average Bonchev–Trinajstić information content (AvgIpc) is 2.67. The predicted molar refractivity (Wildman–Crippen MR) is 71.5 cm³/mol. The topological polar surface area (TPSA) is 67.2 Å². The number of amides is 1. The van der Waals surface area contributed by atoms with E-state index in [2.05, 4.69) is 26.3 Å². The van der Waals surface area contributed by atoms with E-state index in [1.54, 1.807) is 18.1 Å². The number of rotatable bonds is 3. The van der Waals surface area contributed by atoms with Crippen molar-refractivity contribution in [2.45, 2.75) is 25.9 Å². The van der Waals surface area contributed by atoms with E-state index in [9.17, 15) is 9.59 Å². The summed E-state index contributed by atoms with van der Waals surface area (Å²) in [7, 11) is 1.77. The third kappa shape index (κ3) is 2.27. The molecule has 0 saturated carbocycles. The second-order valence-corrected chi connectivity index (χ2v) is 5.03. The number of nitrogens with zero attached hydrogens (tertiary/aromatic N) is 3. The smallest absolute Gasteiger partial charge is 0.283 e. The van der Waals surface area contributed by atoms with E-state index in [0.29, 0.717) is 16.7 Å². The monoisotopic (exact) mass is 314 g/mol. The highest BCUT2D eigenvalue weighted by Gasteiger charge is 2.29. The van der Waals surface area contributed by atoms with E-state index < -0.39 is 0 Å². The van der Waals surface area contributed by atoms with Gasteiger partial charge in [0, 0.05) is 20.1 Å². The molecule has 98 valence electrons. The van der Waals surface area contributed by atoms with Crippen molar-refractivity contribution in [2.75, 3.05) is 18.9 Å². The van der Waals surface area contributed by atoms with E-state index >= 15 is 0 Å². The molecule has 0 aromatic carbocycles. The third-order valence-electron chi connectivity index (χ3n) is 3.04. The standard InChI is InChI=1S/C11H15BrN4O2/c1-3-16-11(18)9(12)8(6-13-16)14-7-4-5-15(2)10(7)17/h6-7,14H,3-5H2,1-2H3. The molecule has 6 nitrogen and oxygen atoms in total. The fourth-order valence-corrected chi connectivity index (χ4v) is 2.36. The van der Waals surface area contributed by atoms with E-state index in [1.807, 2.05) is 6.92 Å². The predicted octanol–water partition coefficient (Wildman–Crippen LogP) is 0.668. The largest absolute Gasteiger partial charge is 0.371 e. The molecule has 0 spiro atoms. The Balaban J connectivity index is 2.23. The van der Waals surface area contributed by atoms with Gasteiger partial charge >= 0.3 is 0 Å². The van der Waals surface area contributed by atoms with Gasteiger partial charge in [0.1, 0.15) is 10.5 Å². The lowest BCUT2D eigenvalue weighted by Gasteiger charge is -2.14. The normalized spacial score (nSPS) is 19.4. The fraction of sp³-hybridized carbons (Fsp3) is 0.545. The highest BCUT2D eigenvalue weighted by atomic mass is 79.9. The summed E-state index contributed by atoms with van der Waals surface area (Å²) in [6.45, 7) is 3.10. The molecule has 1 saturated heterocycles. The van der Waals surface area contributed by atoms with Gasteiger partial charge < -0.3 is 10.2 Å². The number of anilines is 1. The van der Waals surface area contributed by atoms with Gasteiger partial charge in [-0.3, -0.25) is 9.59 Å². The van der Waals surface area contributed by atoms with E-state index in [0.717, 1.165) is 13.0 Å². The highest BCUT2D eigenvalue weighted by molar-refractivity contribution is 9.10. The van der Waals surface area contributed by atoms with E-state index in [-0.39, 0.29) is 17.5 Å². The number of likely N-dealkylation sites (tertiary alicyclic amines) is 1. The lowest BCUT2D eigenvalue weighted by molar-refractivity contribution is -0.127. The second kappa shape index (κ2) is 5.09. The van der Waals surface area contributed by atoms with Crippen molar-refractivity contribution in [2.24, 2.45) is 0 Å². The molecule has 1 amide bonds. The molecule has 2 rings (SSSR count). The number of halogens is 1. The van der Waals surface area contributed by atoms with Gasteiger partial charge in [-0.05, 0) is 29.3 Å². The van der Waals surface area contributed by atoms with Crippen molar-refractivity contribution in [1.82, 2.24) is 14.7 Å². The summed E-state index contributed by atoms with van der Waals surface area (Å²) in [5.41, 5.74) is 0.375. The molecule has 1 aliphatic rings. The maximum absolute atomic E-state index is 11.9. The first kappa shape index (κ1) is 13.1. The first-order chi connectivity index (χ1) is 8.54. The zero-order valence-corrected chi connectivity index (χ0v) is 11.9. The molecule has 18 heavy (non-hydrogen) atoms. The van der Waals surface area contributed by atoms with Gasteiger partial charge in [0.05, 0.1) is 11.9 Å². The Kier molecular flexibility index (Phi) is 3.70. The molecule has 0 bridgehead atoms. The maximum atomic E-state index is 11.9. The molecule has 1 fully saturated rings. The minimum Gasteiger partial charge on any atom is -0.371 e. The lowest BCUT2D eigenvalue weighted by Crippen LogP contribution is -2.32. The molecule has 1 atom stereocenters. The summed E-state index contributed by atoms with van der Waals surface area (Å²) >= 11 is 3.25. The van der Waals surface area contributed by atoms with Gasteiger partial charge in [-0.2, -0.15) is 5.10 Å². The van der Waals surface area contributed by atoms with Gasteiger partial charge in [0.2, 0.25) is 5.91 Å². The van der Waals surface area contributed by atoms with Gasteiger partial charge in [0.25, 0.3) is 5.56 Å². The second-order valence-electron chi connectivity index (χ2n) is 4.24. The molecular formula is C11H15BrN4O2. The number of nitrogens with one attached hydrogen (secondary N) is 1. The SMILES string of the molecule is CCn1ncc(NC2CCN(C)C2=O)c(Br)c1=O. The fourth-order valence-electron chi connectivity index (χ4n) is 1.93. The Bertz CT molecular complexity index is 528. The number of aromatic nitrogens is 2. The number of likely N-dealkylation sites (N-methyl/N-ethyl adjacent to an activating group) is 1. The Morgan fingerprint density at radius 2 is 2.28 bits per heavy atom. The first-order valence-electron chi connectivity index (χ1n) is 5.81. The third-order valence-corrected chi connectivity index (χ3v) is 3.81.